The second-order valence-corrected chi connectivity index (χ2v) is 8.44. The second-order valence-electron chi connectivity index (χ2n) is 6.69. The summed E-state index contributed by atoms with van der Waals surface area (Å²) >= 11 is 13.1. The van der Waals surface area contributed by atoms with Gasteiger partial charge in [0, 0.05) is 19.3 Å². The molecule has 0 aliphatic carbocycles. The first-order valence-corrected chi connectivity index (χ1v) is 11.2. The monoisotopic (exact) mass is 477 g/mol. The van der Waals surface area contributed by atoms with Crippen LogP contribution in [0.4, 0.5) is 5.69 Å². The normalized spacial score (nSPS) is 10.7. The van der Waals surface area contributed by atoms with Crippen molar-refractivity contribution in [2.24, 2.45) is 7.05 Å². The van der Waals surface area contributed by atoms with Gasteiger partial charge in [0.05, 0.1) is 22.2 Å². The molecule has 1 heterocycles. The average Bonchev–Trinajstić information content (AvgIpc) is 3.09. The topological polar surface area (TPSA) is 88.9 Å². The zero-order chi connectivity index (χ0) is 22.2. The maximum absolute atomic E-state index is 12.3. The number of amides is 2. The number of hydrogen-bond donors (Lipinski definition) is 2. The molecule has 3 rings (SSSR count). The van der Waals surface area contributed by atoms with E-state index in [0.29, 0.717) is 33.3 Å². The van der Waals surface area contributed by atoms with Crippen LogP contribution in [0.2, 0.25) is 10.0 Å². The highest BCUT2D eigenvalue weighted by Crippen LogP contribution is 2.25. The number of rotatable bonds is 9. The number of carbonyl (C=O) groups excluding carboxylic acids is 2. The van der Waals surface area contributed by atoms with E-state index < -0.39 is 0 Å². The van der Waals surface area contributed by atoms with Crippen LogP contribution < -0.4 is 10.6 Å². The molecular formula is C21H21Cl2N5O2S. The van der Waals surface area contributed by atoms with Crippen molar-refractivity contribution < 1.29 is 9.59 Å². The molecule has 0 fully saturated rings. The Morgan fingerprint density at radius 1 is 1.03 bits per heavy atom. The van der Waals surface area contributed by atoms with Gasteiger partial charge in [-0.15, -0.1) is 10.2 Å². The molecule has 2 aromatic carbocycles. The SMILES string of the molecule is Cn1c(CC(=O)Nc2ccc(Cl)c(Cl)c2)nnc1SCC(=O)NCCc1ccccc1. The van der Waals surface area contributed by atoms with E-state index in [2.05, 4.69) is 20.8 Å². The molecule has 0 atom stereocenters. The summed E-state index contributed by atoms with van der Waals surface area (Å²) in [6, 6.07) is 14.8. The van der Waals surface area contributed by atoms with Crippen LogP contribution >= 0.6 is 35.0 Å². The fourth-order valence-electron chi connectivity index (χ4n) is 2.72. The van der Waals surface area contributed by atoms with Gasteiger partial charge in [0.25, 0.3) is 0 Å². The van der Waals surface area contributed by atoms with Gasteiger partial charge in [0.1, 0.15) is 5.82 Å². The summed E-state index contributed by atoms with van der Waals surface area (Å²) in [5, 5.41) is 15.1. The third kappa shape index (κ3) is 6.99. The number of halogens is 2. The molecule has 2 N–H and O–H groups in total. The van der Waals surface area contributed by atoms with Crippen LogP contribution in [0.25, 0.3) is 0 Å². The van der Waals surface area contributed by atoms with Crippen LogP contribution in [0, 0.1) is 0 Å². The predicted molar refractivity (Wildman–Crippen MR) is 124 cm³/mol. The smallest absolute Gasteiger partial charge is 0.232 e. The third-order valence-corrected chi connectivity index (χ3v) is 6.12. The first-order chi connectivity index (χ1) is 14.9. The van der Waals surface area contributed by atoms with Crippen molar-refractivity contribution in [1.82, 2.24) is 20.1 Å². The molecule has 0 aliphatic heterocycles. The minimum atomic E-state index is -0.260. The number of aromatic nitrogens is 3. The summed E-state index contributed by atoms with van der Waals surface area (Å²) in [7, 11) is 1.76. The molecule has 3 aromatic rings. The Labute approximate surface area is 194 Å². The molecule has 0 saturated carbocycles. The minimum Gasteiger partial charge on any atom is -0.355 e. The van der Waals surface area contributed by atoms with Gasteiger partial charge in [-0.3, -0.25) is 9.59 Å². The number of thioether (sulfide) groups is 1. The van der Waals surface area contributed by atoms with E-state index in [1.165, 1.54) is 17.3 Å². The lowest BCUT2D eigenvalue weighted by atomic mass is 10.1. The number of nitrogens with zero attached hydrogens (tertiary/aromatic N) is 3. The van der Waals surface area contributed by atoms with E-state index in [0.717, 1.165) is 6.42 Å². The van der Waals surface area contributed by atoms with Gasteiger partial charge >= 0.3 is 0 Å². The van der Waals surface area contributed by atoms with Crippen LogP contribution in [0.1, 0.15) is 11.4 Å². The van der Waals surface area contributed by atoms with Crippen molar-refractivity contribution in [1.29, 1.82) is 0 Å². The maximum Gasteiger partial charge on any atom is 0.232 e. The van der Waals surface area contributed by atoms with Crippen LogP contribution in [-0.4, -0.2) is 38.9 Å². The molecule has 0 aliphatic rings. The van der Waals surface area contributed by atoms with Crippen molar-refractivity contribution >= 4 is 52.5 Å². The fraction of sp³-hybridized carbons (Fsp3) is 0.238. The highest BCUT2D eigenvalue weighted by atomic mass is 35.5. The number of nitrogens with one attached hydrogen (secondary N) is 2. The highest BCUT2D eigenvalue weighted by Gasteiger charge is 2.15. The molecule has 0 spiro atoms. The minimum absolute atomic E-state index is 0.0353. The molecule has 0 bridgehead atoms. The quantitative estimate of drug-likeness (QED) is 0.458. The summed E-state index contributed by atoms with van der Waals surface area (Å²) in [6.45, 7) is 0.572. The van der Waals surface area contributed by atoms with Crippen molar-refractivity contribution in [3.63, 3.8) is 0 Å². The first kappa shape index (κ1) is 23.1. The van der Waals surface area contributed by atoms with Crippen molar-refractivity contribution in [3.8, 4) is 0 Å². The van der Waals surface area contributed by atoms with E-state index in [-0.39, 0.29) is 24.0 Å². The van der Waals surface area contributed by atoms with Gasteiger partial charge in [0.2, 0.25) is 11.8 Å². The molecular weight excluding hydrogens is 457 g/mol. The van der Waals surface area contributed by atoms with E-state index >= 15 is 0 Å². The molecule has 0 radical (unpaired) electrons. The Hall–Kier alpha value is -2.55. The van der Waals surface area contributed by atoms with Gasteiger partial charge in [-0.05, 0) is 30.2 Å². The second kappa shape index (κ2) is 11.2. The zero-order valence-electron chi connectivity index (χ0n) is 16.8. The average molecular weight is 478 g/mol. The summed E-state index contributed by atoms with van der Waals surface area (Å²) in [6.07, 6.45) is 0.812. The van der Waals surface area contributed by atoms with Crippen LogP contribution in [0.15, 0.2) is 53.7 Å². The molecule has 1 aromatic heterocycles. The lowest BCUT2D eigenvalue weighted by Crippen LogP contribution is -2.27. The summed E-state index contributed by atoms with van der Waals surface area (Å²) in [5.41, 5.74) is 1.72. The van der Waals surface area contributed by atoms with E-state index in [1.807, 2.05) is 30.3 Å². The van der Waals surface area contributed by atoms with E-state index in [9.17, 15) is 9.59 Å². The number of benzene rings is 2. The summed E-state index contributed by atoms with van der Waals surface area (Å²) < 4.78 is 1.70. The van der Waals surface area contributed by atoms with E-state index in [4.69, 9.17) is 23.2 Å². The van der Waals surface area contributed by atoms with Crippen LogP contribution in [0.5, 0.6) is 0 Å². The Morgan fingerprint density at radius 3 is 2.55 bits per heavy atom. The standard InChI is InChI=1S/C21H21Cl2N5O2S/c1-28-18(12-19(29)25-15-7-8-16(22)17(23)11-15)26-27-21(28)31-13-20(30)24-10-9-14-5-3-2-4-6-14/h2-8,11H,9-10,12-13H2,1H3,(H,24,30)(H,25,29). The molecule has 10 heteroatoms. The van der Waals surface area contributed by atoms with E-state index in [1.54, 1.807) is 29.8 Å². The molecule has 162 valence electrons. The van der Waals surface area contributed by atoms with Gasteiger partial charge in [-0.1, -0.05) is 65.3 Å². The van der Waals surface area contributed by atoms with Crippen molar-refractivity contribution in [3.05, 3.63) is 70.0 Å². The Bertz CT molecular complexity index is 1060. The van der Waals surface area contributed by atoms with Crippen molar-refractivity contribution in [2.45, 2.75) is 18.0 Å². The van der Waals surface area contributed by atoms with Gasteiger partial charge in [0.15, 0.2) is 5.16 Å². The number of hydrogen-bond acceptors (Lipinski definition) is 5. The molecule has 0 unspecified atom stereocenters. The molecule has 0 saturated heterocycles. The van der Waals surface area contributed by atoms with Crippen molar-refractivity contribution in [2.75, 3.05) is 17.6 Å². The maximum atomic E-state index is 12.3. The highest BCUT2D eigenvalue weighted by molar-refractivity contribution is 7.99. The number of anilines is 1. The first-order valence-electron chi connectivity index (χ1n) is 9.49. The Balaban J connectivity index is 1.45. The zero-order valence-corrected chi connectivity index (χ0v) is 19.1. The van der Waals surface area contributed by atoms with Crippen LogP contribution in [0.3, 0.4) is 0 Å². The molecule has 7 nitrogen and oxygen atoms in total. The Morgan fingerprint density at radius 2 is 1.81 bits per heavy atom. The molecule has 2 amide bonds. The lowest BCUT2D eigenvalue weighted by molar-refractivity contribution is -0.118. The third-order valence-electron chi connectivity index (χ3n) is 4.36. The lowest BCUT2D eigenvalue weighted by Gasteiger charge is -2.07. The summed E-state index contributed by atoms with van der Waals surface area (Å²) in [4.78, 5) is 24.4. The van der Waals surface area contributed by atoms with Crippen LogP contribution in [-0.2, 0) is 29.5 Å². The molecule has 31 heavy (non-hydrogen) atoms. The predicted octanol–water partition coefficient (Wildman–Crippen LogP) is 3.75. The largest absolute Gasteiger partial charge is 0.355 e. The van der Waals surface area contributed by atoms with Gasteiger partial charge in [-0.2, -0.15) is 0 Å². The Kier molecular flexibility index (Phi) is 8.34. The van der Waals surface area contributed by atoms with Gasteiger partial charge in [-0.25, -0.2) is 0 Å². The van der Waals surface area contributed by atoms with Gasteiger partial charge < -0.3 is 15.2 Å². The fourth-order valence-corrected chi connectivity index (χ4v) is 3.78. The number of carbonyl (C=O) groups is 2. The summed E-state index contributed by atoms with van der Waals surface area (Å²) in [5.74, 6) is 0.368.